The van der Waals surface area contributed by atoms with Gasteiger partial charge in [0.15, 0.2) is 0 Å². The van der Waals surface area contributed by atoms with Gasteiger partial charge in [-0.3, -0.25) is 9.59 Å². The van der Waals surface area contributed by atoms with Gasteiger partial charge in [-0.05, 0) is 12.8 Å². The molecular weight excluding hydrogens is 260 g/mol. The van der Waals surface area contributed by atoms with Crippen molar-refractivity contribution in [1.29, 1.82) is 0 Å². The first kappa shape index (κ1) is 14.5. The van der Waals surface area contributed by atoms with Gasteiger partial charge >= 0.3 is 0 Å². The minimum Gasteiger partial charge on any atom is -0.425 e. The van der Waals surface area contributed by atoms with Crippen molar-refractivity contribution in [2.45, 2.75) is 39.0 Å². The minimum atomic E-state index is -0.108. The summed E-state index contributed by atoms with van der Waals surface area (Å²) in [5.74, 6) is 1.47. The van der Waals surface area contributed by atoms with E-state index in [1.165, 1.54) is 6.92 Å². The number of aromatic nitrogens is 2. The molecule has 0 bridgehead atoms. The molecular formula is C13H20N4O3. The van der Waals surface area contributed by atoms with E-state index in [1.807, 2.05) is 4.90 Å². The Labute approximate surface area is 117 Å². The summed E-state index contributed by atoms with van der Waals surface area (Å²) in [5.41, 5.74) is 0. The zero-order valence-electron chi connectivity index (χ0n) is 11.9. The molecule has 0 saturated carbocycles. The van der Waals surface area contributed by atoms with E-state index in [0.717, 1.165) is 12.8 Å². The second-order valence-electron chi connectivity index (χ2n) is 5.05. The Morgan fingerprint density at radius 3 is 2.60 bits per heavy atom. The normalized spacial score (nSPS) is 16.2. The average Bonchev–Trinajstić information content (AvgIpc) is 2.85. The van der Waals surface area contributed by atoms with Gasteiger partial charge in [0.1, 0.15) is 0 Å². The molecule has 2 amide bonds. The van der Waals surface area contributed by atoms with Crippen LogP contribution in [0.5, 0.6) is 0 Å². The van der Waals surface area contributed by atoms with E-state index in [2.05, 4.69) is 15.5 Å². The van der Waals surface area contributed by atoms with Crippen LogP contribution in [0.15, 0.2) is 4.42 Å². The van der Waals surface area contributed by atoms with Crippen LogP contribution in [0.3, 0.4) is 0 Å². The molecule has 2 heterocycles. The fourth-order valence-electron chi connectivity index (χ4n) is 2.36. The molecule has 1 aliphatic rings. The Morgan fingerprint density at radius 2 is 2.05 bits per heavy atom. The Hall–Kier alpha value is -1.92. The molecule has 110 valence electrons. The van der Waals surface area contributed by atoms with E-state index in [9.17, 15) is 9.59 Å². The van der Waals surface area contributed by atoms with Gasteiger partial charge in [-0.25, -0.2) is 0 Å². The molecule has 0 atom stereocenters. The number of rotatable bonds is 4. The molecule has 7 heteroatoms. The topological polar surface area (TPSA) is 88.3 Å². The molecule has 0 aromatic carbocycles. The van der Waals surface area contributed by atoms with Gasteiger partial charge in [0.2, 0.25) is 23.6 Å². The van der Waals surface area contributed by atoms with Crippen LogP contribution >= 0.6 is 0 Å². The molecule has 1 aromatic rings. The molecule has 1 saturated heterocycles. The molecule has 0 unspecified atom stereocenters. The first-order valence-electron chi connectivity index (χ1n) is 6.88. The molecule has 1 aromatic heterocycles. The van der Waals surface area contributed by atoms with Crippen LogP contribution in [0.4, 0.5) is 0 Å². The Morgan fingerprint density at radius 1 is 1.35 bits per heavy atom. The Bertz CT molecular complexity index is 478. The third-order valence-electron chi connectivity index (χ3n) is 3.45. The number of nitrogens with zero attached hydrogens (tertiary/aromatic N) is 3. The van der Waals surface area contributed by atoms with E-state index >= 15 is 0 Å². The molecule has 0 aliphatic carbocycles. The fourth-order valence-corrected chi connectivity index (χ4v) is 2.36. The summed E-state index contributed by atoms with van der Waals surface area (Å²) in [5, 5.41) is 10.5. The molecule has 2 rings (SSSR count). The third-order valence-corrected chi connectivity index (χ3v) is 3.45. The van der Waals surface area contributed by atoms with E-state index in [-0.39, 0.29) is 17.7 Å². The van der Waals surface area contributed by atoms with Crippen molar-refractivity contribution in [3.8, 4) is 0 Å². The zero-order valence-corrected chi connectivity index (χ0v) is 11.9. The highest BCUT2D eigenvalue weighted by Crippen LogP contribution is 2.27. The summed E-state index contributed by atoms with van der Waals surface area (Å²) in [6.07, 6.45) is 2.03. The molecule has 0 spiro atoms. The van der Waals surface area contributed by atoms with Gasteiger partial charge in [-0.1, -0.05) is 0 Å². The van der Waals surface area contributed by atoms with Crippen molar-refractivity contribution in [3.05, 3.63) is 11.8 Å². The lowest BCUT2D eigenvalue weighted by atomic mass is 9.96. The summed E-state index contributed by atoms with van der Waals surface area (Å²) in [4.78, 5) is 24.5. The predicted molar refractivity (Wildman–Crippen MR) is 70.9 cm³/mol. The maximum absolute atomic E-state index is 12.0. The number of likely N-dealkylation sites (tertiary alicyclic amines) is 1. The number of hydrogen-bond donors (Lipinski definition) is 1. The maximum atomic E-state index is 12.0. The maximum Gasteiger partial charge on any atom is 0.224 e. The number of hydrogen-bond acceptors (Lipinski definition) is 5. The lowest BCUT2D eigenvalue weighted by Crippen LogP contribution is -2.39. The van der Waals surface area contributed by atoms with Crippen molar-refractivity contribution in [1.82, 2.24) is 20.4 Å². The smallest absolute Gasteiger partial charge is 0.224 e. The van der Waals surface area contributed by atoms with Crippen molar-refractivity contribution < 1.29 is 14.0 Å². The standard InChI is InChI=1S/C13H20N4O3/c1-9(18)14-6-3-12(19)17-7-4-11(5-8-17)13-16-15-10(2)20-13/h11H,3-8H2,1-2H3,(H,14,18). The zero-order chi connectivity index (χ0) is 14.5. The van der Waals surface area contributed by atoms with Crippen molar-refractivity contribution in [3.63, 3.8) is 0 Å². The SMILES string of the molecule is CC(=O)NCCC(=O)N1CCC(c2nnc(C)o2)CC1. The van der Waals surface area contributed by atoms with E-state index in [1.54, 1.807) is 6.92 Å². The van der Waals surface area contributed by atoms with Crippen LogP contribution in [0.25, 0.3) is 0 Å². The Kier molecular flexibility index (Phi) is 4.70. The second kappa shape index (κ2) is 6.49. The predicted octanol–water partition coefficient (Wildman–Crippen LogP) is 0.610. The number of carbonyl (C=O) groups excluding carboxylic acids is 2. The third kappa shape index (κ3) is 3.79. The first-order valence-corrected chi connectivity index (χ1v) is 6.88. The molecule has 1 N–H and O–H groups in total. The van der Waals surface area contributed by atoms with Crippen LogP contribution in [-0.2, 0) is 9.59 Å². The molecule has 1 fully saturated rings. The fraction of sp³-hybridized carbons (Fsp3) is 0.692. The van der Waals surface area contributed by atoms with Gasteiger partial charge in [0, 0.05) is 45.8 Å². The van der Waals surface area contributed by atoms with Crippen molar-refractivity contribution in [2.75, 3.05) is 19.6 Å². The Balaban J connectivity index is 1.76. The van der Waals surface area contributed by atoms with E-state index in [4.69, 9.17) is 4.42 Å². The molecule has 1 aliphatic heterocycles. The van der Waals surface area contributed by atoms with Crippen LogP contribution < -0.4 is 5.32 Å². The van der Waals surface area contributed by atoms with Crippen molar-refractivity contribution in [2.24, 2.45) is 0 Å². The lowest BCUT2D eigenvalue weighted by Gasteiger charge is -2.30. The van der Waals surface area contributed by atoms with Gasteiger partial charge < -0.3 is 14.6 Å². The number of piperidine rings is 1. The lowest BCUT2D eigenvalue weighted by molar-refractivity contribution is -0.132. The monoisotopic (exact) mass is 280 g/mol. The number of carbonyl (C=O) groups is 2. The highest BCUT2D eigenvalue weighted by atomic mass is 16.4. The van der Waals surface area contributed by atoms with Crippen molar-refractivity contribution >= 4 is 11.8 Å². The van der Waals surface area contributed by atoms with Crippen LogP contribution in [0.2, 0.25) is 0 Å². The van der Waals surface area contributed by atoms with Crippen LogP contribution in [0, 0.1) is 6.92 Å². The first-order chi connectivity index (χ1) is 9.56. The summed E-state index contributed by atoms with van der Waals surface area (Å²) in [7, 11) is 0. The summed E-state index contributed by atoms with van der Waals surface area (Å²) in [6, 6.07) is 0. The quantitative estimate of drug-likeness (QED) is 0.873. The minimum absolute atomic E-state index is 0.0823. The van der Waals surface area contributed by atoms with Crippen LogP contribution in [-0.4, -0.2) is 46.5 Å². The summed E-state index contributed by atoms with van der Waals surface area (Å²) in [6.45, 7) is 5.02. The second-order valence-corrected chi connectivity index (χ2v) is 5.05. The van der Waals surface area contributed by atoms with Gasteiger partial charge in [0.25, 0.3) is 0 Å². The van der Waals surface area contributed by atoms with Crippen LogP contribution in [0.1, 0.15) is 43.9 Å². The molecule has 20 heavy (non-hydrogen) atoms. The highest BCUT2D eigenvalue weighted by Gasteiger charge is 2.26. The van der Waals surface area contributed by atoms with Gasteiger partial charge in [-0.2, -0.15) is 0 Å². The summed E-state index contributed by atoms with van der Waals surface area (Å²) < 4.78 is 5.44. The van der Waals surface area contributed by atoms with E-state index in [0.29, 0.717) is 37.8 Å². The largest absolute Gasteiger partial charge is 0.425 e. The van der Waals surface area contributed by atoms with E-state index < -0.39 is 0 Å². The highest BCUT2D eigenvalue weighted by molar-refractivity contribution is 5.78. The van der Waals surface area contributed by atoms with Gasteiger partial charge in [0.05, 0.1) is 0 Å². The average molecular weight is 280 g/mol. The number of amides is 2. The molecule has 7 nitrogen and oxygen atoms in total. The number of aryl methyl sites for hydroxylation is 1. The molecule has 0 radical (unpaired) electrons. The number of nitrogens with one attached hydrogen (secondary N) is 1. The van der Waals surface area contributed by atoms with Gasteiger partial charge in [-0.15, -0.1) is 10.2 Å². The summed E-state index contributed by atoms with van der Waals surface area (Å²) >= 11 is 0.